The molecule has 244 valence electrons. The van der Waals surface area contributed by atoms with E-state index in [1.54, 1.807) is 14.1 Å². The third kappa shape index (κ3) is 7.02. The van der Waals surface area contributed by atoms with E-state index in [0.29, 0.717) is 50.6 Å². The summed E-state index contributed by atoms with van der Waals surface area (Å²) in [6.45, 7) is 5.16. The lowest BCUT2D eigenvalue weighted by molar-refractivity contribution is -0.138. The van der Waals surface area contributed by atoms with Gasteiger partial charge in [-0.3, -0.25) is 14.5 Å². The number of piperidine rings is 2. The van der Waals surface area contributed by atoms with Gasteiger partial charge in [-0.1, -0.05) is 60.7 Å². The van der Waals surface area contributed by atoms with Crippen LogP contribution in [0.15, 0.2) is 72.8 Å². The average molecular weight is 645 g/mol. The minimum Gasteiger partial charge on any atom is -0.342 e. The number of hydrogen-bond donors (Lipinski definition) is 0. The monoisotopic (exact) mass is 644 g/mol. The summed E-state index contributed by atoms with van der Waals surface area (Å²) in [6, 6.07) is 24.2. The summed E-state index contributed by atoms with van der Waals surface area (Å²) < 4.78 is 27.6. The summed E-state index contributed by atoms with van der Waals surface area (Å²) in [5, 5.41) is 0. The SMILES string of the molecule is CN(C)S(=O)(=O)N1CCC(C(=O)N2CCC(N3CCN(C(=O)c4cc(-c5ccccc5)nc(-c5ccccc5)c4)CC3)CC2)CC1. The fraction of sp³-hybridized carbons (Fsp3) is 0.457. The van der Waals surface area contributed by atoms with Crippen molar-refractivity contribution in [2.24, 2.45) is 5.92 Å². The van der Waals surface area contributed by atoms with Crippen molar-refractivity contribution in [3.8, 4) is 22.5 Å². The molecule has 11 heteroatoms. The number of carbonyl (C=O) groups is 2. The highest BCUT2D eigenvalue weighted by Gasteiger charge is 2.36. The van der Waals surface area contributed by atoms with Gasteiger partial charge in [0.05, 0.1) is 11.4 Å². The van der Waals surface area contributed by atoms with Crippen molar-refractivity contribution in [3.05, 3.63) is 78.4 Å². The molecule has 6 rings (SSSR count). The van der Waals surface area contributed by atoms with Gasteiger partial charge in [0.2, 0.25) is 5.91 Å². The van der Waals surface area contributed by atoms with Crippen molar-refractivity contribution in [2.75, 3.05) is 66.5 Å². The van der Waals surface area contributed by atoms with E-state index in [-0.39, 0.29) is 17.7 Å². The van der Waals surface area contributed by atoms with Crippen molar-refractivity contribution < 1.29 is 18.0 Å². The zero-order valence-corrected chi connectivity index (χ0v) is 27.6. The quantitative estimate of drug-likeness (QED) is 0.390. The molecule has 4 heterocycles. The minimum absolute atomic E-state index is 0.0289. The molecule has 3 aromatic rings. The molecule has 2 aromatic carbocycles. The molecule has 0 saturated carbocycles. The molecule has 0 atom stereocenters. The number of hydrogen-bond acceptors (Lipinski definition) is 6. The fourth-order valence-electron chi connectivity index (χ4n) is 6.91. The Morgan fingerprint density at radius 1 is 0.696 bits per heavy atom. The third-order valence-corrected chi connectivity index (χ3v) is 11.6. The van der Waals surface area contributed by atoms with Gasteiger partial charge in [0.1, 0.15) is 0 Å². The van der Waals surface area contributed by atoms with Gasteiger partial charge in [-0.05, 0) is 37.8 Å². The molecule has 3 aliphatic rings. The maximum absolute atomic E-state index is 13.8. The van der Waals surface area contributed by atoms with E-state index in [1.807, 2.05) is 82.6 Å². The van der Waals surface area contributed by atoms with Crippen LogP contribution in [0.4, 0.5) is 0 Å². The van der Waals surface area contributed by atoms with E-state index in [2.05, 4.69) is 4.90 Å². The Labute approximate surface area is 272 Å². The largest absolute Gasteiger partial charge is 0.342 e. The highest BCUT2D eigenvalue weighted by Crippen LogP contribution is 2.28. The number of pyridine rings is 1. The van der Waals surface area contributed by atoms with Gasteiger partial charge in [0.15, 0.2) is 0 Å². The number of piperazine rings is 1. The van der Waals surface area contributed by atoms with Crippen molar-refractivity contribution in [3.63, 3.8) is 0 Å². The van der Waals surface area contributed by atoms with Gasteiger partial charge < -0.3 is 9.80 Å². The Bertz CT molecular complexity index is 1550. The average Bonchev–Trinajstić information content (AvgIpc) is 3.11. The number of carbonyl (C=O) groups excluding carboxylic acids is 2. The molecule has 0 radical (unpaired) electrons. The number of amides is 2. The predicted octanol–water partition coefficient (Wildman–Crippen LogP) is 3.68. The van der Waals surface area contributed by atoms with E-state index >= 15 is 0 Å². The van der Waals surface area contributed by atoms with Crippen LogP contribution in [0, 0.1) is 5.92 Å². The lowest BCUT2D eigenvalue weighted by atomic mass is 9.94. The van der Waals surface area contributed by atoms with E-state index in [1.165, 1.54) is 8.61 Å². The molecular weight excluding hydrogens is 600 g/mol. The summed E-state index contributed by atoms with van der Waals surface area (Å²) in [6.07, 6.45) is 2.97. The molecule has 0 aliphatic carbocycles. The van der Waals surface area contributed by atoms with Gasteiger partial charge in [0.25, 0.3) is 16.1 Å². The first kappa shape index (κ1) is 32.3. The van der Waals surface area contributed by atoms with Gasteiger partial charge in [-0.15, -0.1) is 0 Å². The van der Waals surface area contributed by atoms with Crippen LogP contribution in [0.5, 0.6) is 0 Å². The fourth-order valence-corrected chi connectivity index (χ4v) is 8.05. The summed E-state index contributed by atoms with van der Waals surface area (Å²) in [5.41, 5.74) is 4.18. The van der Waals surface area contributed by atoms with Crippen LogP contribution in [-0.2, 0) is 15.0 Å². The van der Waals surface area contributed by atoms with Gasteiger partial charge >= 0.3 is 0 Å². The van der Waals surface area contributed by atoms with Crippen LogP contribution in [0.1, 0.15) is 36.0 Å². The van der Waals surface area contributed by atoms with E-state index in [4.69, 9.17) is 4.98 Å². The first-order chi connectivity index (χ1) is 22.2. The Morgan fingerprint density at radius 3 is 1.72 bits per heavy atom. The molecule has 2 amide bonds. The topological polar surface area (TPSA) is 97.4 Å². The molecule has 3 saturated heterocycles. The van der Waals surface area contributed by atoms with Crippen molar-refractivity contribution >= 4 is 22.0 Å². The van der Waals surface area contributed by atoms with Gasteiger partial charge in [-0.2, -0.15) is 17.0 Å². The van der Waals surface area contributed by atoms with E-state index < -0.39 is 10.2 Å². The molecule has 0 N–H and O–H groups in total. The second-order valence-electron chi connectivity index (χ2n) is 12.7. The zero-order chi connectivity index (χ0) is 32.3. The van der Waals surface area contributed by atoms with Gasteiger partial charge in [0, 0.05) is 95.1 Å². The second-order valence-corrected chi connectivity index (χ2v) is 14.8. The Balaban J connectivity index is 1.03. The molecule has 46 heavy (non-hydrogen) atoms. The molecule has 3 aliphatic heterocycles. The minimum atomic E-state index is -3.44. The van der Waals surface area contributed by atoms with E-state index in [0.717, 1.165) is 61.5 Å². The van der Waals surface area contributed by atoms with Crippen molar-refractivity contribution in [2.45, 2.75) is 31.7 Å². The lowest BCUT2D eigenvalue weighted by Crippen LogP contribution is -2.55. The van der Waals surface area contributed by atoms with Gasteiger partial charge in [-0.25, -0.2) is 4.98 Å². The third-order valence-electron chi connectivity index (χ3n) is 9.70. The molecule has 10 nitrogen and oxygen atoms in total. The van der Waals surface area contributed by atoms with Crippen LogP contribution in [-0.4, -0.2) is 121 Å². The number of benzene rings is 2. The molecule has 0 spiro atoms. The Hall–Kier alpha value is -3.64. The van der Waals surface area contributed by atoms with Crippen molar-refractivity contribution in [1.29, 1.82) is 0 Å². The molecule has 0 bridgehead atoms. The van der Waals surface area contributed by atoms with Crippen LogP contribution in [0.3, 0.4) is 0 Å². The second kappa shape index (κ2) is 14.0. The Kier molecular flexibility index (Phi) is 9.84. The van der Waals surface area contributed by atoms with Crippen LogP contribution < -0.4 is 0 Å². The van der Waals surface area contributed by atoms with E-state index in [9.17, 15) is 18.0 Å². The zero-order valence-electron chi connectivity index (χ0n) is 26.8. The highest BCUT2D eigenvalue weighted by molar-refractivity contribution is 7.86. The number of likely N-dealkylation sites (tertiary alicyclic amines) is 1. The maximum Gasteiger partial charge on any atom is 0.281 e. The molecule has 1 aromatic heterocycles. The normalized spacial score (nSPS) is 19.5. The number of rotatable bonds is 7. The molecular formula is C35H44N6O4S. The summed E-state index contributed by atoms with van der Waals surface area (Å²) in [5.74, 6) is 0.0804. The first-order valence-corrected chi connectivity index (χ1v) is 17.7. The maximum atomic E-state index is 13.8. The van der Waals surface area contributed by atoms with Crippen LogP contribution >= 0.6 is 0 Å². The lowest BCUT2D eigenvalue weighted by Gasteiger charge is -2.43. The highest BCUT2D eigenvalue weighted by atomic mass is 32.2. The Morgan fingerprint density at radius 2 is 1.22 bits per heavy atom. The first-order valence-electron chi connectivity index (χ1n) is 16.3. The smallest absolute Gasteiger partial charge is 0.281 e. The number of aromatic nitrogens is 1. The van der Waals surface area contributed by atoms with Crippen LogP contribution in [0.2, 0.25) is 0 Å². The summed E-state index contributed by atoms with van der Waals surface area (Å²) in [4.78, 5) is 38.4. The predicted molar refractivity (Wildman–Crippen MR) is 179 cm³/mol. The summed E-state index contributed by atoms with van der Waals surface area (Å²) >= 11 is 0. The van der Waals surface area contributed by atoms with Crippen LogP contribution in [0.25, 0.3) is 22.5 Å². The van der Waals surface area contributed by atoms with Crippen molar-refractivity contribution in [1.82, 2.24) is 28.3 Å². The molecule has 0 unspecified atom stereocenters. The summed E-state index contributed by atoms with van der Waals surface area (Å²) in [7, 11) is -0.357. The molecule has 3 fully saturated rings. The number of nitrogens with zero attached hydrogens (tertiary/aromatic N) is 6. The standard InChI is InChI=1S/C35H44N6O4S/c1-37(2)46(44,45)41-19-13-29(14-20-41)34(42)39-17-15-31(16-18-39)38-21-23-40(24-22-38)35(43)30-25-32(27-9-5-3-6-10-27)36-33(26-30)28-11-7-4-8-12-28/h3-12,25-26,29,31H,13-24H2,1-2H3.